The van der Waals surface area contributed by atoms with Gasteiger partial charge in [-0.1, -0.05) is 30.3 Å². The molecule has 1 aromatic carbocycles. The first-order valence-electron chi connectivity index (χ1n) is 11.4. The highest BCUT2D eigenvalue weighted by atomic mass is 16.5. The number of ether oxygens (including phenoxy) is 2. The predicted octanol–water partition coefficient (Wildman–Crippen LogP) is 1.80. The summed E-state index contributed by atoms with van der Waals surface area (Å²) in [4.78, 5) is 9.76. The zero-order valence-corrected chi connectivity index (χ0v) is 18.9. The number of hydrogen-bond acceptors (Lipinski definition) is 5. The normalized spacial score (nSPS) is 16.0. The fourth-order valence-electron chi connectivity index (χ4n) is 3.47. The summed E-state index contributed by atoms with van der Waals surface area (Å²) >= 11 is 0. The van der Waals surface area contributed by atoms with Gasteiger partial charge in [-0.25, -0.2) is 0 Å². The molecule has 1 heterocycles. The summed E-state index contributed by atoms with van der Waals surface area (Å²) in [5.41, 5.74) is 1.41. The molecule has 2 rings (SSSR count). The minimum Gasteiger partial charge on any atom is -0.382 e. The van der Waals surface area contributed by atoms with Crippen molar-refractivity contribution in [3.8, 4) is 0 Å². The molecular weight excluding hydrogens is 378 g/mol. The van der Waals surface area contributed by atoms with Crippen LogP contribution >= 0.6 is 0 Å². The zero-order chi connectivity index (χ0) is 21.3. The molecule has 1 aliphatic heterocycles. The van der Waals surface area contributed by atoms with Gasteiger partial charge in [-0.3, -0.25) is 9.89 Å². The van der Waals surface area contributed by atoms with Gasteiger partial charge in [-0.05, 0) is 31.9 Å². The fourth-order valence-corrected chi connectivity index (χ4v) is 3.47. The van der Waals surface area contributed by atoms with E-state index in [4.69, 9.17) is 9.47 Å². The Morgan fingerprint density at radius 1 is 0.967 bits per heavy atom. The third kappa shape index (κ3) is 10.9. The van der Waals surface area contributed by atoms with E-state index in [0.29, 0.717) is 13.2 Å². The van der Waals surface area contributed by atoms with E-state index in [1.54, 1.807) is 7.11 Å². The maximum Gasteiger partial charge on any atom is 0.191 e. The summed E-state index contributed by atoms with van der Waals surface area (Å²) in [5, 5.41) is 6.77. The molecule has 7 heteroatoms. The van der Waals surface area contributed by atoms with Gasteiger partial charge in [0.25, 0.3) is 0 Å². The SMILES string of the molecule is CCNC(=NCCCOCCOC)NCCCN1CCN(Cc2ccccc2)CC1. The summed E-state index contributed by atoms with van der Waals surface area (Å²) in [6.45, 7) is 13.5. The standard InChI is InChI=1S/C23H41N5O2/c1-3-24-23(26-12-8-18-30-20-19-29-2)25-11-7-13-27-14-16-28(17-15-27)21-22-9-5-4-6-10-22/h4-6,9-10H,3,7-8,11-21H2,1-2H3,(H2,24,25,26). The second-order valence-corrected chi connectivity index (χ2v) is 7.60. The van der Waals surface area contributed by atoms with Gasteiger partial charge in [-0.15, -0.1) is 0 Å². The summed E-state index contributed by atoms with van der Waals surface area (Å²) in [6.07, 6.45) is 2.05. The summed E-state index contributed by atoms with van der Waals surface area (Å²) in [5.74, 6) is 0.905. The van der Waals surface area contributed by atoms with E-state index in [2.05, 4.69) is 62.7 Å². The maximum absolute atomic E-state index is 5.48. The Morgan fingerprint density at radius 3 is 2.47 bits per heavy atom. The van der Waals surface area contributed by atoms with E-state index in [9.17, 15) is 0 Å². The number of rotatable bonds is 14. The predicted molar refractivity (Wildman–Crippen MR) is 124 cm³/mol. The second kappa shape index (κ2) is 16.1. The number of hydrogen-bond donors (Lipinski definition) is 2. The summed E-state index contributed by atoms with van der Waals surface area (Å²) in [7, 11) is 1.69. The molecule has 0 spiro atoms. The highest BCUT2D eigenvalue weighted by Crippen LogP contribution is 2.08. The quantitative estimate of drug-likeness (QED) is 0.272. The van der Waals surface area contributed by atoms with Gasteiger partial charge < -0.3 is 25.0 Å². The lowest BCUT2D eigenvalue weighted by atomic mass is 10.2. The average Bonchev–Trinajstić information content (AvgIpc) is 2.78. The Labute approximate surface area is 182 Å². The van der Waals surface area contributed by atoms with Crippen LogP contribution in [0.25, 0.3) is 0 Å². The van der Waals surface area contributed by atoms with Crippen LogP contribution in [0.3, 0.4) is 0 Å². The van der Waals surface area contributed by atoms with Crippen LogP contribution in [0.15, 0.2) is 35.3 Å². The molecule has 0 bridgehead atoms. The van der Waals surface area contributed by atoms with Gasteiger partial charge in [0.05, 0.1) is 13.2 Å². The molecule has 0 radical (unpaired) electrons. The fraction of sp³-hybridized carbons (Fsp3) is 0.696. The summed E-state index contributed by atoms with van der Waals surface area (Å²) < 4.78 is 10.4. The van der Waals surface area contributed by atoms with Crippen LogP contribution in [0.1, 0.15) is 25.3 Å². The maximum atomic E-state index is 5.48. The van der Waals surface area contributed by atoms with Crippen molar-refractivity contribution in [2.75, 3.05) is 79.3 Å². The van der Waals surface area contributed by atoms with E-state index in [1.807, 2.05) is 0 Å². The molecule has 0 atom stereocenters. The molecule has 30 heavy (non-hydrogen) atoms. The van der Waals surface area contributed by atoms with E-state index in [-0.39, 0.29) is 0 Å². The molecule has 0 saturated carbocycles. The first-order chi connectivity index (χ1) is 14.8. The Kier molecular flexibility index (Phi) is 13.2. The van der Waals surface area contributed by atoms with E-state index in [1.165, 1.54) is 5.56 Å². The lowest BCUT2D eigenvalue weighted by molar-refractivity contribution is 0.0702. The lowest BCUT2D eigenvalue weighted by Crippen LogP contribution is -2.46. The first kappa shape index (κ1) is 24.6. The number of methoxy groups -OCH3 is 1. The monoisotopic (exact) mass is 419 g/mol. The van der Waals surface area contributed by atoms with Gasteiger partial charge in [0.15, 0.2) is 5.96 Å². The van der Waals surface area contributed by atoms with Gasteiger partial charge >= 0.3 is 0 Å². The number of benzene rings is 1. The van der Waals surface area contributed by atoms with Gasteiger partial charge in [0.1, 0.15) is 0 Å². The zero-order valence-electron chi connectivity index (χ0n) is 18.9. The van der Waals surface area contributed by atoms with Gasteiger partial charge in [-0.2, -0.15) is 0 Å². The van der Waals surface area contributed by atoms with Crippen LogP contribution < -0.4 is 10.6 Å². The number of nitrogens with one attached hydrogen (secondary N) is 2. The number of nitrogens with zero attached hydrogens (tertiary/aromatic N) is 3. The molecule has 1 aromatic rings. The smallest absolute Gasteiger partial charge is 0.191 e. The van der Waals surface area contributed by atoms with Crippen LogP contribution in [-0.2, 0) is 16.0 Å². The summed E-state index contributed by atoms with van der Waals surface area (Å²) in [6, 6.07) is 10.8. The molecule has 7 nitrogen and oxygen atoms in total. The first-order valence-corrected chi connectivity index (χ1v) is 11.4. The molecule has 0 amide bonds. The molecule has 1 aliphatic rings. The Hall–Kier alpha value is -1.67. The van der Waals surface area contributed by atoms with Crippen molar-refractivity contribution >= 4 is 5.96 Å². The van der Waals surface area contributed by atoms with Crippen molar-refractivity contribution < 1.29 is 9.47 Å². The number of guanidine groups is 1. The van der Waals surface area contributed by atoms with Crippen molar-refractivity contribution in [1.82, 2.24) is 20.4 Å². The van der Waals surface area contributed by atoms with Crippen LogP contribution in [-0.4, -0.2) is 95.0 Å². The molecule has 170 valence electrons. The van der Waals surface area contributed by atoms with Crippen LogP contribution in [0.2, 0.25) is 0 Å². The minimum atomic E-state index is 0.648. The topological polar surface area (TPSA) is 61.4 Å². The molecule has 0 aliphatic carbocycles. The lowest BCUT2D eigenvalue weighted by Gasteiger charge is -2.34. The third-order valence-corrected chi connectivity index (χ3v) is 5.15. The highest BCUT2D eigenvalue weighted by molar-refractivity contribution is 5.79. The minimum absolute atomic E-state index is 0.648. The van der Waals surface area contributed by atoms with Crippen molar-refractivity contribution in [1.29, 1.82) is 0 Å². The Balaban J connectivity index is 1.54. The van der Waals surface area contributed by atoms with E-state index >= 15 is 0 Å². The van der Waals surface area contributed by atoms with Crippen molar-refractivity contribution in [3.63, 3.8) is 0 Å². The van der Waals surface area contributed by atoms with Gasteiger partial charge in [0, 0.05) is 66.1 Å². The van der Waals surface area contributed by atoms with E-state index in [0.717, 1.165) is 84.3 Å². The molecule has 2 N–H and O–H groups in total. The average molecular weight is 420 g/mol. The Bertz CT molecular complexity index is 562. The largest absolute Gasteiger partial charge is 0.382 e. The Morgan fingerprint density at radius 2 is 1.73 bits per heavy atom. The number of aliphatic imine (C=N–C) groups is 1. The van der Waals surface area contributed by atoms with Crippen LogP contribution in [0.4, 0.5) is 0 Å². The van der Waals surface area contributed by atoms with E-state index < -0.39 is 0 Å². The van der Waals surface area contributed by atoms with Crippen molar-refractivity contribution in [3.05, 3.63) is 35.9 Å². The molecule has 1 fully saturated rings. The van der Waals surface area contributed by atoms with Gasteiger partial charge in [0.2, 0.25) is 0 Å². The van der Waals surface area contributed by atoms with Crippen molar-refractivity contribution in [2.24, 2.45) is 4.99 Å². The number of piperazine rings is 1. The third-order valence-electron chi connectivity index (χ3n) is 5.15. The molecule has 1 saturated heterocycles. The van der Waals surface area contributed by atoms with Crippen LogP contribution in [0, 0.1) is 0 Å². The molecule has 0 unspecified atom stereocenters. The molecular formula is C23H41N5O2. The van der Waals surface area contributed by atoms with Crippen molar-refractivity contribution in [2.45, 2.75) is 26.3 Å². The molecule has 0 aromatic heterocycles. The highest BCUT2D eigenvalue weighted by Gasteiger charge is 2.16. The van der Waals surface area contributed by atoms with Crippen LogP contribution in [0.5, 0.6) is 0 Å². The second-order valence-electron chi connectivity index (χ2n) is 7.60.